The molecule has 0 heterocycles. The van der Waals surface area contributed by atoms with Gasteiger partial charge in [0.15, 0.2) is 6.10 Å². The summed E-state index contributed by atoms with van der Waals surface area (Å²) in [5.74, 6) is -0.518. The highest BCUT2D eigenvalue weighted by atomic mass is 35.5. The highest BCUT2D eigenvalue weighted by Crippen LogP contribution is 2.49. The lowest BCUT2D eigenvalue weighted by Crippen LogP contribution is -2.29. The average Bonchev–Trinajstić information content (AvgIpc) is 3.72. The van der Waals surface area contributed by atoms with Crippen molar-refractivity contribution in [1.82, 2.24) is 0 Å². The zero-order valence-corrected chi connectivity index (χ0v) is 20.8. The fourth-order valence-corrected chi connectivity index (χ4v) is 4.56. The SMILES string of the molecule is O=C(O)C(Cc1ccccc1)Oc1ccc(-c2ccc(NC(=O)C3(c4ccc(Cl)cc4)CC3)cc2)cc1. The maximum absolute atomic E-state index is 13.0. The predicted octanol–water partition coefficient (Wildman–Crippen LogP) is 6.75. The van der Waals surface area contributed by atoms with E-state index in [9.17, 15) is 14.7 Å². The van der Waals surface area contributed by atoms with Gasteiger partial charge in [0.05, 0.1) is 5.41 Å². The van der Waals surface area contributed by atoms with Crippen molar-refractivity contribution in [3.05, 3.63) is 119 Å². The molecule has 1 aliphatic carbocycles. The number of carbonyl (C=O) groups is 2. The molecule has 1 unspecified atom stereocenters. The summed E-state index contributed by atoms with van der Waals surface area (Å²) < 4.78 is 5.76. The molecule has 0 bridgehead atoms. The van der Waals surface area contributed by atoms with E-state index in [0.717, 1.165) is 40.8 Å². The van der Waals surface area contributed by atoms with Crippen molar-refractivity contribution in [3.8, 4) is 16.9 Å². The number of nitrogens with one attached hydrogen (secondary N) is 1. The minimum Gasteiger partial charge on any atom is -0.478 e. The second kappa shape index (κ2) is 10.5. The topological polar surface area (TPSA) is 75.6 Å². The van der Waals surface area contributed by atoms with E-state index >= 15 is 0 Å². The Balaban J connectivity index is 1.22. The third-order valence-corrected chi connectivity index (χ3v) is 6.98. The molecular formula is C31H26ClNO4. The molecule has 4 aromatic carbocycles. The summed E-state index contributed by atoms with van der Waals surface area (Å²) in [6.07, 6.45) is 0.950. The molecule has 5 nitrogen and oxygen atoms in total. The Labute approximate surface area is 220 Å². The van der Waals surface area contributed by atoms with E-state index in [-0.39, 0.29) is 12.3 Å². The monoisotopic (exact) mass is 511 g/mol. The van der Waals surface area contributed by atoms with E-state index in [2.05, 4.69) is 5.32 Å². The van der Waals surface area contributed by atoms with Gasteiger partial charge in [0, 0.05) is 17.1 Å². The molecule has 2 N–H and O–H groups in total. The maximum atomic E-state index is 13.0. The molecule has 1 fully saturated rings. The number of benzene rings is 4. The lowest BCUT2D eigenvalue weighted by Gasteiger charge is -2.16. The summed E-state index contributed by atoms with van der Waals surface area (Å²) in [7, 11) is 0. The lowest BCUT2D eigenvalue weighted by atomic mass is 9.95. The van der Waals surface area contributed by atoms with Crippen LogP contribution >= 0.6 is 11.6 Å². The first-order valence-corrected chi connectivity index (χ1v) is 12.5. The van der Waals surface area contributed by atoms with Gasteiger partial charge in [-0.25, -0.2) is 4.79 Å². The van der Waals surface area contributed by atoms with Gasteiger partial charge in [-0.05, 0) is 71.5 Å². The Bertz CT molecular complexity index is 1380. The quantitative estimate of drug-likeness (QED) is 0.260. The molecule has 6 heteroatoms. The van der Waals surface area contributed by atoms with Gasteiger partial charge in [0.25, 0.3) is 0 Å². The second-order valence-electron chi connectivity index (χ2n) is 9.28. The summed E-state index contributed by atoms with van der Waals surface area (Å²) in [5.41, 5.74) is 4.08. The van der Waals surface area contributed by atoms with Crippen LogP contribution in [0.2, 0.25) is 5.02 Å². The first kappa shape index (κ1) is 24.6. The van der Waals surface area contributed by atoms with Crippen LogP contribution in [0, 0.1) is 0 Å². The highest BCUT2D eigenvalue weighted by molar-refractivity contribution is 6.30. The lowest BCUT2D eigenvalue weighted by molar-refractivity contribution is -0.145. The molecule has 0 aromatic heterocycles. The van der Waals surface area contributed by atoms with Gasteiger partial charge in [-0.2, -0.15) is 0 Å². The fraction of sp³-hybridized carbons (Fsp3) is 0.161. The molecule has 0 radical (unpaired) electrons. The number of anilines is 1. The molecule has 1 atom stereocenters. The molecule has 4 aromatic rings. The standard InChI is InChI=1S/C31H26ClNO4/c32-25-12-10-24(11-13-25)31(18-19-31)30(36)33-26-14-6-22(7-15-26)23-8-16-27(17-9-23)37-28(29(34)35)20-21-4-2-1-3-5-21/h1-17,28H,18-20H2,(H,33,36)(H,34,35). The van der Waals surface area contributed by atoms with Crippen LogP contribution < -0.4 is 10.1 Å². The van der Waals surface area contributed by atoms with Crippen molar-refractivity contribution in [1.29, 1.82) is 0 Å². The normalized spacial score (nSPS) is 14.4. The van der Waals surface area contributed by atoms with Crippen LogP contribution in [0.25, 0.3) is 11.1 Å². The number of hydrogen-bond acceptors (Lipinski definition) is 3. The van der Waals surface area contributed by atoms with Crippen LogP contribution in [-0.2, 0) is 21.4 Å². The minimum absolute atomic E-state index is 0.00689. The summed E-state index contributed by atoms with van der Waals surface area (Å²) in [6.45, 7) is 0. The molecule has 1 amide bonds. The molecule has 37 heavy (non-hydrogen) atoms. The zero-order valence-electron chi connectivity index (χ0n) is 20.1. The van der Waals surface area contributed by atoms with Crippen molar-refractivity contribution in [3.63, 3.8) is 0 Å². The van der Waals surface area contributed by atoms with Gasteiger partial charge in [-0.15, -0.1) is 0 Å². The summed E-state index contributed by atoms with van der Waals surface area (Å²) >= 11 is 6.00. The number of carbonyl (C=O) groups excluding carboxylic acids is 1. The number of carboxylic acids is 1. The van der Waals surface area contributed by atoms with Gasteiger partial charge in [-0.1, -0.05) is 78.3 Å². The van der Waals surface area contributed by atoms with Gasteiger partial charge < -0.3 is 15.2 Å². The van der Waals surface area contributed by atoms with Gasteiger partial charge in [0.1, 0.15) is 5.75 Å². The number of carboxylic acid groups (broad SMARTS) is 1. The molecule has 0 aliphatic heterocycles. The third-order valence-electron chi connectivity index (χ3n) is 6.73. The van der Waals surface area contributed by atoms with Gasteiger partial charge in [-0.3, -0.25) is 4.79 Å². The molecule has 186 valence electrons. The highest BCUT2D eigenvalue weighted by Gasteiger charge is 2.51. The Kier molecular flexibility index (Phi) is 6.97. The van der Waals surface area contributed by atoms with Crippen LogP contribution in [0.15, 0.2) is 103 Å². The zero-order chi connectivity index (χ0) is 25.8. The van der Waals surface area contributed by atoms with E-state index in [1.807, 2.05) is 91.0 Å². The number of aliphatic carboxylic acids is 1. The Morgan fingerprint density at radius 3 is 2.00 bits per heavy atom. The van der Waals surface area contributed by atoms with Crippen LogP contribution in [0.3, 0.4) is 0 Å². The van der Waals surface area contributed by atoms with Crippen molar-refractivity contribution >= 4 is 29.2 Å². The van der Waals surface area contributed by atoms with E-state index in [4.69, 9.17) is 16.3 Å². The van der Waals surface area contributed by atoms with E-state index in [0.29, 0.717) is 10.8 Å². The van der Waals surface area contributed by atoms with E-state index < -0.39 is 17.5 Å². The fourth-order valence-electron chi connectivity index (χ4n) is 4.44. The smallest absolute Gasteiger partial charge is 0.345 e. The second-order valence-corrected chi connectivity index (χ2v) is 9.72. The largest absolute Gasteiger partial charge is 0.478 e. The van der Waals surface area contributed by atoms with E-state index in [1.165, 1.54) is 0 Å². The minimum atomic E-state index is -1.00. The van der Waals surface area contributed by atoms with Gasteiger partial charge >= 0.3 is 5.97 Å². The van der Waals surface area contributed by atoms with Crippen molar-refractivity contribution in [2.75, 3.05) is 5.32 Å². The number of amides is 1. The van der Waals surface area contributed by atoms with Crippen LogP contribution in [0.4, 0.5) is 5.69 Å². The maximum Gasteiger partial charge on any atom is 0.345 e. The van der Waals surface area contributed by atoms with Gasteiger partial charge in [0.2, 0.25) is 5.91 Å². The Hall–Kier alpha value is -4.09. The van der Waals surface area contributed by atoms with Crippen molar-refractivity contribution in [2.45, 2.75) is 30.8 Å². The first-order chi connectivity index (χ1) is 17.9. The number of hydrogen-bond donors (Lipinski definition) is 2. The molecule has 1 aliphatic rings. The molecule has 5 rings (SSSR count). The molecule has 0 spiro atoms. The van der Waals surface area contributed by atoms with Crippen molar-refractivity contribution < 1.29 is 19.4 Å². The van der Waals surface area contributed by atoms with Crippen molar-refractivity contribution in [2.24, 2.45) is 0 Å². The third kappa shape index (κ3) is 5.68. The first-order valence-electron chi connectivity index (χ1n) is 12.1. The number of ether oxygens (including phenoxy) is 1. The molecule has 0 saturated heterocycles. The Morgan fingerprint density at radius 2 is 1.43 bits per heavy atom. The average molecular weight is 512 g/mol. The van der Waals surface area contributed by atoms with Crippen LogP contribution in [0.5, 0.6) is 5.75 Å². The summed E-state index contributed by atoms with van der Waals surface area (Å²) in [6, 6.07) is 31.9. The van der Waals surface area contributed by atoms with E-state index in [1.54, 1.807) is 12.1 Å². The Morgan fingerprint density at radius 1 is 0.838 bits per heavy atom. The molecule has 1 saturated carbocycles. The number of rotatable bonds is 9. The summed E-state index contributed by atoms with van der Waals surface area (Å²) in [4.78, 5) is 24.7. The molecular weight excluding hydrogens is 486 g/mol. The van der Waals surface area contributed by atoms with Crippen LogP contribution in [0.1, 0.15) is 24.0 Å². The number of halogens is 1. The van der Waals surface area contributed by atoms with Crippen LogP contribution in [-0.4, -0.2) is 23.1 Å². The summed E-state index contributed by atoms with van der Waals surface area (Å²) in [5, 5.41) is 13.3. The predicted molar refractivity (Wildman–Crippen MR) is 145 cm³/mol.